The topological polar surface area (TPSA) is 25.0 Å². The second-order valence-electron chi connectivity index (χ2n) is 2.52. The van der Waals surface area contributed by atoms with E-state index < -0.39 is 0 Å². The molecule has 62 valence electrons. The first-order valence-corrected chi connectivity index (χ1v) is 3.62. The minimum atomic E-state index is -0.246. The minimum absolute atomic E-state index is 0.246. The van der Waals surface area contributed by atoms with E-state index in [2.05, 4.69) is 4.98 Å². The first-order valence-electron chi connectivity index (χ1n) is 3.62. The normalized spacial score (nSPS) is 10.5. The Bertz CT molecular complexity index is 408. The molecule has 0 saturated heterocycles. The predicted octanol–water partition coefficient (Wildman–Crippen LogP) is 2.32. The molecule has 1 aromatic carbocycles. The zero-order valence-electron chi connectivity index (χ0n) is 6.60. The lowest BCUT2D eigenvalue weighted by atomic mass is 10.2. The van der Waals surface area contributed by atoms with Crippen molar-refractivity contribution in [2.75, 3.05) is 7.11 Å². The maximum absolute atomic E-state index is 13.0. The lowest BCUT2D eigenvalue weighted by Crippen LogP contribution is -1.83. The number of hydrogen-bond acceptors (Lipinski definition) is 1. The lowest BCUT2D eigenvalue weighted by Gasteiger charge is -1.99. The molecule has 0 amide bonds. The number of halogens is 1. The Labute approximate surface area is 69.0 Å². The van der Waals surface area contributed by atoms with Crippen LogP contribution in [0.3, 0.4) is 0 Å². The van der Waals surface area contributed by atoms with Crippen LogP contribution in [0.15, 0.2) is 24.4 Å². The number of H-pyrrole nitrogens is 1. The highest BCUT2D eigenvalue weighted by Gasteiger charge is 2.05. The molecular weight excluding hydrogens is 157 g/mol. The summed E-state index contributed by atoms with van der Waals surface area (Å²) in [6, 6.07) is 5.26. The van der Waals surface area contributed by atoms with Crippen molar-refractivity contribution in [3.05, 3.63) is 30.2 Å². The quantitative estimate of drug-likeness (QED) is 0.689. The van der Waals surface area contributed by atoms with Crippen LogP contribution in [0.1, 0.15) is 0 Å². The standard InChI is InChI=1S/C9H8FNO/c1-12-8-4-2-3-6-7(10)5-11-9(6)8/h2-5,11H,1H3. The first-order chi connectivity index (χ1) is 5.83. The van der Waals surface area contributed by atoms with Gasteiger partial charge in [-0.3, -0.25) is 0 Å². The molecule has 1 heterocycles. The maximum atomic E-state index is 13.0. The second-order valence-corrected chi connectivity index (χ2v) is 2.52. The molecule has 12 heavy (non-hydrogen) atoms. The third-order valence-electron chi connectivity index (χ3n) is 1.85. The average molecular weight is 165 g/mol. The van der Waals surface area contributed by atoms with Crippen LogP contribution in [0.25, 0.3) is 10.9 Å². The molecule has 0 bridgehead atoms. The molecule has 2 rings (SSSR count). The number of fused-ring (bicyclic) bond motifs is 1. The number of nitrogens with one attached hydrogen (secondary N) is 1. The van der Waals surface area contributed by atoms with E-state index in [0.29, 0.717) is 16.7 Å². The predicted molar refractivity (Wildman–Crippen MR) is 44.8 cm³/mol. The van der Waals surface area contributed by atoms with Crippen molar-refractivity contribution in [1.82, 2.24) is 4.98 Å². The van der Waals surface area contributed by atoms with Crippen LogP contribution in [0.4, 0.5) is 4.39 Å². The highest BCUT2D eigenvalue weighted by atomic mass is 19.1. The Kier molecular flexibility index (Phi) is 1.50. The second kappa shape index (κ2) is 2.52. The Morgan fingerprint density at radius 3 is 3.00 bits per heavy atom. The van der Waals surface area contributed by atoms with Gasteiger partial charge in [0.2, 0.25) is 0 Å². The molecule has 0 aliphatic rings. The molecule has 3 heteroatoms. The Hall–Kier alpha value is -1.51. The fourth-order valence-corrected chi connectivity index (χ4v) is 1.26. The number of para-hydroxylation sites is 1. The zero-order chi connectivity index (χ0) is 8.55. The summed E-state index contributed by atoms with van der Waals surface area (Å²) in [7, 11) is 1.56. The van der Waals surface area contributed by atoms with Crippen LogP contribution in [0.5, 0.6) is 5.75 Å². The average Bonchev–Trinajstić information content (AvgIpc) is 2.48. The Morgan fingerprint density at radius 1 is 1.42 bits per heavy atom. The van der Waals surface area contributed by atoms with E-state index in [1.165, 1.54) is 6.20 Å². The molecular formula is C9H8FNO. The molecule has 0 spiro atoms. The van der Waals surface area contributed by atoms with E-state index in [1.807, 2.05) is 0 Å². The minimum Gasteiger partial charge on any atom is -0.495 e. The van der Waals surface area contributed by atoms with Crippen LogP contribution in [0.2, 0.25) is 0 Å². The Morgan fingerprint density at radius 2 is 2.25 bits per heavy atom. The van der Waals surface area contributed by atoms with Gasteiger partial charge in [-0.15, -0.1) is 0 Å². The highest BCUT2D eigenvalue weighted by Crippen LogP contribution is 2.25. The van der Waals surface area contributed by atoms with Gasteiger partial charge in [0.25, 0.3) is 0 Å². The number of methoxy groups -OCH3 is 1. The van der Waals surface area contributed by atoms with Gasteiger partial charge < -0.3 is 9.72 Å². The molecule has 0 atom stereocenters. The molecule has 1 N–H and O–H groups in total. The smallest absolute Gasteiger partial charge is 0.148 e. The van der Waals surface area contributed by atoms with Crippen LogP contribution in [0, 0.1) is 5.82 Å². The number of ether oxygens (including phenoxy) is 1. The fourth-order valence-electron chi connectivity index (χ4n) is 1.26. The molecule has 0 aliphatic heterocycles. The largest absolute Gasteiger partial charge is 0.495 e. The van der Waals surface area contributed by atoms with Crippen molar-refractivity contribution in [1.29, 1.82) is 0 Å². The van der Waals surface area contributed by atoms with Gasteiger partial charge in [-0.25, -0.2) is 4.39 Å². The van der Waals surface area contributed by atoms with Gasteiger partial charge in [0.1, 0.15) is 11.6 Å². The molecule has 2 aromatic rings. The Balaban J connectivity index is 2.81. The molecule has 0 unspecified atom stereocenters. The highest BCUT2D eigenvalue weighted by molar-refractivity contribution is 5.85. The van der Waals surface area contributed by atoms with Gasteiger partial charge in [-0.05, 0) is 12.1 Å². The summed E-state index contributed by atoms with van der Waals surface area (Å²) in [5, 5.41) is 0.564. The number of benzene rings is 1. The molecule has 0 radical (unpaired) electrons. The van der Waals surface area contributed by atoms with Gasteiger partial charge in [0.05, 0.1) is 12.6 Å². The van der Waals surface area contributed by atoms with Gasteiger partial charge in [-0.2, -0.15) is 0 Å². The fraction of sp³-hybridized carbons (Fsp3) is 0.111. The van der Waals surface area contributed by atoms with E-state index in [-0.39, 0.29) is 5.82 Å². The van der Waals surface area contributed by atoms with Crippen molar-refractivity contribution in [3.63, 3.8) is 0 Å². The lowest BCUT2D eigenvalue weighted by molar-refractivity contribution is 0.419. The number of hydrogen-bond donors (Lipinski definition) is 1. The van der Waals surface area contributed by atoms with Crippen LogP contribution >= 0.6 is 0 Å². The van der Waals surface area contributed by atoms with Crippen molar-refractivity contribution in [3.8, 4) is 5.75 Å². The van der Waals surface area contributed by atoms with Crippen molar-refractivity contribution < 1.29 is 9.13 Å². The zero-order valence-corrected chi connectivity index (χ0v) is 6.60. The van der Waals surface area contributed by atoms with Crippen molar-refractivity contribution in [2.24, 2.45) is 0 Å². The van der Waals surface area contributed by atoms with E-state index >= 15 is 0 Å². The van der Waals surface area contributed by atoms with E-state index in [1.54, 1.807) is 25.3 Å². The van der Waals surface area contributed by atoms with E-state index in [4.69, 9.17) is 4.74 Å². The van der Waals surface area contributed by atoms with Crippen LogP contribution < -0.4 is 4.74 Å². The molecule has 1 aromatic heterocycles. The van der Waals surface area contributed by atoms with E-state index in [9.17, 15) is 4.39 Å². The van der Waals surface area contributed by atoms with Gasteiger partial charge >= 0.3 is 0 Å². The SMILES string of the molecule is COc1cccc2c(F)c[nH]c12. The monoisotopic (exact) mass is 165 g/mol. The summed E-state index contributed by atoms with van der Waals surface area (Å²) in [6.07, 6.45) is 1.33. The summed E-state index contributed by atoms with van der Waals surface area (Å²) in [4.78, 5) is 2.81. The summed E-state index contributed by atoms with van der Waals surface area (Å²) in [6.45, 7) is 0. The summed E-state index contributed by atoms with van der Waals surface area (Å²) >= 11 is 0. The summed E-state index contributed by atoms with van der Waals surface area (Å²) < 4.78 is 18.0. The number of aromatic nitrogens is 1. The molecule has 0 saturated carbocycles. The maximum Gasteiger partial charge on any atom is 0.148 e. The molecule has 0 fully saturated rings. The third kappa shape index (κ3) is 0.863. The molecule has 2 nitrogen and oxygen atoms in total. The summed E-state index contributed by atoms with van der Waals surface area (Å²) in [5.41, 5.74) is 0.706. The van der Waals surface area contributed by atoms with Gasteiger partial charge in [-0.1, -0.05) is 6.07 Å². The van der Waals surface area contributed by atoms with Gasteiger partial charge in [0, 0.05) is 11.6 Å². The van der Waals surface area contributed by atoms with Crippen molar-refractivity contribution >= 4 is 10.9 Å². The summed E-state index contributed by atoms with van der Waals surface area (Å²) in [5.74, 6) is 0.417. The number of rotatable bonds is 1. The van der Waals surface area contributed by atoms with Crippen LogP contribution in [-0.2, 0) is 0 Å². The first kappa shape index (κ1) is 7.16. The molecule has 0 aliphatic carbocycles. The number of aromatic amines is 1. The van der Waals surface area contributed by atoms with E-state index in [0.717, 1.165) is 0 Å². The van der Waals surface area contributed by atoms with Gasteiger partial charge in [0.15, 0.2) is 0 Å². The van der Waals surface area contributed by atoms with Crippen molar-refractivity contribution in [2.45, 2.75) is 0 Å². The van der Waals surface area contributed by atoms with Crippen LogP contribution in [-0.4, -0.2) is 12.1 Å². The third-order valence-corrected chi connectivity index (χ3v) is 1.85.